The highest BCUT2D eigenvalue weighted by Crippen LogP contribution is 2.27. The molecule has 1 aromatic rings. The van der Waals surface area contributed by atoms with Crippen molar-refractivity contribution in [2.75, 3.05) is 18.5 Å². The van der Waals surface area contributed by atoms with Gasteiger partial charge in [-0.25, -0.2) is 13.1 Å². The molecule has 0 aliphatic heterocycles. The number of sulfonamides is 1. The summed E-state index contributed by atoms with van der Waals surface area (Å²) in [7, 11) is -3.58. The summed E-state index contributed by atoms with van der Waals surface area (Å²) in [6, 6.07) is 4.41. The summed E-state index contributed by atoms with van der Waals surface area (Å²) in [5, 5.41) is 2.58. The number of carbonyl (C=O) groups is 1. The van der Waals surface area contributed by atoms with Gasteiger partial charge in [0.05, 0.1) is 17.2 Å². The van der Waals surface area contributed by atoms with E-state index in [9.17, 15) is 13.2 Å². The standard InChI is InChI=1S/C14H22N2O4S/c1-4-6-9-15-21(18,19)12-7-8-14(20-5-2)13(10-12)16-11(3)17/h7-8,10,15H,4-6,9H2,1-3H3,(H,16,17). The average Bonchev–Trinajstić information content (AvgIpc) is 2.40. The number of rotatable bonds is 8. The molecule has 0 unspecified atom stereocenters. The fourth-order valence-corrected chi connectivity index (χ4v) is 2.81. The highest BCUT2D eigenvalue weighted by Gasteiger charge is 2.16. The third-order valence-corrected chi connectivity index (χ3v) is 4.15. The van der Waals surface area contributed by atoms with Gasteiger partial charge in [-0.05, 0) is 31.5 Å². The van der Waals surface area contributed by atoms with Crippen LogP contribution in [0.1, 0.15) is 33.6 Å². The zero-order valence-corrected chi connectivity index (χ0v) is 13.4. The van der Waals surface area contributed by atoms with E-state index in [1.54, 1.807) is 6.07 Å². The lowest BCUT2D eigenvalue weighted by molar-refractivity contribution is -0.114. The SMILES string of the molecule is CCCCNS(=O)(=O)c1ccc(OCC)c(NC(C)=O)c1. The molecular weight excluding hydrogens is 292 g/mol. The maximum atomic E-state index is 12.1. The van der Waals surface area contributed by atoms with Gasteiger partial charge in [-0.2, -0.15) is 0 Å². The van der Waals surface area contributed by atoms with Gasteiger partial charge in [-0.1, -0.05) is 13.3 Å². The Morgan fingerprint density at radius 3 is 2.57 bits per heavy atom. The molecule has 0 aliphatic rings. The highest BCUT2D eigenvalue weighted by atomic mass is 32.2. The summed E-state index contributed by atoms with van der Waals surface area (Å²) >= 11 is 0. The van der Waals surface area contributed by atoms with Gasteiger partial charge in [0.25, 0.3) is 0 Å². The molecule has 0 heterocycles. The molecule has 7 heteroatoms. The van der Waals surface area contributed by atoms with Crippen molar-refractivity contribution in [2.24, 2.45) is 0 Å². The Hall–Kier alpha value is -1.60. The van der Waals surface area contributed by atoms with E-state index in [1.165, 1.54) is 19.1 Å². The smallest absolute Gasteiger partial charge is 0.240 e. The number of amides is 1. The topological polar surface area (TPSA) is 84.5 Å². The molecule has 0 saturated carbocycles. The average molecular weight is 314 g/mol. The van der Waals surface area contributed by atoms with Gasteiger partial charge >= 0.3 is 0 Å². The molecule has 1 aromatic carbocycles. The van der Waals surface area contributed by atoms with Crippen molar-refractivity contribution in [3.63, 3.8) is 0 Å². The second-order valence-electron chi connectivity index (χ2n) is 4.52. The van der Waals surface area contributed by atoms with Crippen LogP contribution in [-0.4, -0.2) is 27.5 Å². The molecule has 6 nitrogen and oxygen atoms in total. The molecular formula is C14H22N2O4S. The molecule has 1 rings (SSSR count). The minimum atomic E-state index is -3.58. The quantitative estimate of drug-likeness (QED) is 0.720. The first-order valence-electron chi connectivity index (χ1n) is 6.94. The van der Waals surface area contributed by atoms with E-state index in [4.69, 9.17) is 4.74 Å². The normalized spacial score (nSPS) is 11.2. The summed E-state index contributed by atoms with van der Waals surface area (Å²) in [5.41, 5.74) is 0.350. The zero-order valence-electron chi connectivity index (χ0n) is 12.6. The van der Waals surface area contributed by atoms with Crippen LogP contribution < -0.4 is 14.8 Å². The van der Waals surface area contributed by atoms with Gasteiger partial charge in [-0.3, -0.25) is 4.79 Å². The second kappa shape index (κ2) is 7.99. The minimum absolute atomic E-state index is 0.103. The van der Waals surface area contributed by atoms with Crippen LogP contribution in [0.15, 0.2) is 23.1 Å². The molecule has 1 amide bonds. The van der Waals surface area contributed by atoms with Crippen molar-refractivity contribution < 1.29 is 17.9 Å². The molecule has 0 radical (unpaired) electrons. The number of carbonyl (C=O) groups excluding carboxylic acids is 1. The van der Waals surface area contributed by atoms with E-state index in [1.807, 2.05) is 13.8 Å². The van der Waals surface area contributed by atoms with Crippen LogP contribution in [0.5, 0.6) is 5.75 Å². The van der Waals surface area contributed by atoms with E-state index >= 15 is 0 Å². The van der Waals surface area contributed by atoms with Crippen molar-refractivity contribution in [1.82, 2.24) is 4.72 Å². The fraction of sp³-hybridized carbons (Fsp3) is 0.500. The van der Waals surface area contributed by atoms with Crippen molar-refractivity contribution in [3.05, 3.63) is 18.2 Å². The number of hydrogen-bond acceptors (Lipinski definition) is 4. The molecule has 0 bridgehead atoms. The van der Waals surface area contributed by atoms with E-state index < -0.39 is 10.0 Å². The lowest BCUT2D eigenvalue weighted by Gasteiger charge is -2.13. The predicted molar refractivity (Wildman–Crippen MR) is 82.0 cm³/mol. The number of nitrogens with one attached hydrogen (secondary N) is 2. The van der Waals surface area contributed by atoms with E-state index in [0.29, 0.717) is 24.6 Å². The first-order valence-corrected chi connectivity index (χ1v) is 8.43. The first-order chi connectivity index (χ1) is 9.90. The molecule has 0 aliphatic carbocycles. The summed E-state index contributed by atoms with van der Waals surface area (Å²) in [4.78, 5) is 11.3. The van der Waals surface area contributed by atoms with Crippen LogP contribution in [0.4, 0.5) is 5.69 Å². The lowest BCUT2D eigenvalue weighted by atomic mass is 10.3. The van der Waals surface area contributed by atoms with Gasteiger partial charge in [-0.15, -0.1) is 0 Å². The Bertz CT molecular complexity index is 585. The first kappa shape index (κ1) is 17.5. The van der Waals surface area contributed by atoms with E-state index in [2.05, 4.69) is 10.0 Å². The van der Waals surface area contributed by atoms with Crippen molar-refractivity contribution in [3.8, 4) is 5.75 Å². The number of benzene rings is 1. The minimum Gasteiger partial charge on any atom is -0.492 e. The molecule has 0 spiro atoms. The second-order valence-corrected chi connectivity index (χ2v) is 6.29. The van der Waals surface area contributed by atoms with Crippen LogP contribution in [-0.2, 0) is 14.8 Å². The summed E-state index contributed by atoms with van der Waals surface area (Å²) in [5.74, 6) is 0.157. The number of anilines is 1. The Balaban J connectivity index is 3.05. The fourth-order valence-electron chi connectivity index (χ4n) is 1.71. The number of ether oxygens (including phenoxy) is 1. The Morgan fingerprint density at radius 1 is 1.29 bits per heavy atom. The number of unbranched alkanes of at least 4 members (excludes halogenated alkanes) is 1. The monoisotopic (exact) mass is 314 g/mol. The maximum absolute atomic E-state index is 12.1. The van der Waals surface area contributed by atoms with Crippen molar-refractivity contribution >= 4 is 21.6 Å². The molecule has 0 aromatic heterocycles. The van der Waals surface area contributed by atoms with Gasteiger partial charge in [0.1, 0.15) is 5.75 Å². The van der Waals surface area contributed by atoms with Gasteiger partial charge in [0.2, 0.25) is 15.9 Å². The zero-order chi connectivity index (χ0) is 15.9. The summed E-state index contributed by atoms with van der Waals surface area (Å²) in [6.45, 7) is 5.97. The van der Waals surface area contributed by atoms with Crippen molar-refractivity contribution in [1.29, 1.82) is 0 Å². The van der Waals surface area contributed by atoms with Crippen LogP contribution in [0.25, 0.3) is 0 Å². The van der Waals surface area contributed by atoms with Crippen LogP contribution in [0, 0.1) is 0 Å². The van der Waals surface area contributed by atoms with Gasteiger partial charge in [0.15, 0.2) is 0 Å². The molecule has 2 N–H and O–H groups in total. The predicted octanol–water partition coefficient (Wildman–Crippen LogP) is 2.12. The van der Waals surface area contributed by atoms with Crippen LogP contribution in [0.2, 0.25) is 0 Å². The molecule has 21 heavy (non-hydrogen) atoms. The Kier molecular flexibility index (Phi) is 6.64. The van der Waals surface area contributed by atoms with Gasteiger partial charge in [0, 0.05) is 13.5 Å². The van der Waals surface area contributed by atoms with Crippen molar-refractivity contribution in [2.45, 2.75) is 38.5 Å². The van der Waals surface area contributed by atoms with E-state index in [-0.39, 0.29) is 10.8 Å². The largest absolute Gasteiger partial charge is 0.492 e. The Labute approximate surface area is 125 Å². The summed E-state index contributed by atoms with van der Waals surface area (Å²) < 4.78 is 32.2. The van der Waals surface area contributed by atoms with Crippen LogP contribution in [0.3, 0.4) is 0 Å². The van der Waals surface area contributed by atoms with Crippen LogP contribution >= 0.6 is 0 Å². The molecule has 0 saturated heterocycles. The maximum Gasteiger partial charge on any atom is 0.240 e. The lowest BCUT2D eigenvalue weighted by Crippen LogP contribution is -2.25. The van der Waals surface area contributed by atoms with E-state index in [0.717, 1.165) is 12.8 Å². The summed E-state index contributed by atoms with van der Waals surface area (Å²) in [6.07, 6.45) is 1.68. The third kappa shape index (κ3) is 5.35. The highest BCUT2D eigenvalue weighted by molar-refractivity contribution is 7.89. The molecule has 0 fully saturated rings. The Morgan fingerprint density at radius 2 is 2.00 bits per heavy atom. The third-order valence-electron chi connectivity index (χ3n) is 2.69. The molecule has 118 valence electrons. The van der Waals surface area contributed by atoms with Gasteiger partial charge < -0.3 is 10.1 Å². The molecule has 0 atom stereocenters. The number of hydrogen-bond donors (Lipinski definition) is 2.